The monoisotopic (exact) mass is 242 g/mol. The zero-order valence-electron chi connectivity index (χ0n) is 11.9. The van der Waals surface area contributed by atoms with E-state index in [2.05, 4.69) is 27.7 Å². The van der Waals surface area contributed by atoms with E-state index in [0.717, 1.165) is 25.7 Å². The van der Waals surface area contributed by atoms with Gasteiger partial charge in [0.05, 0.1) is 0 Å². The molecule has 2 heteroatoms. The molecule has 0 N–H and O–H groups in total. The standard InChI is InChI=1S/C16H22N2/c1-9(2)13-6-11-5-12-7-14(10(3)4)18-16(12)8-15(11)17-13/h9-10H,5-8H2,1-4H3. The van der Waals surface area contributed by atoms with Crippen LogP contribution in [0.25, 0.3) is 0 Å². The molecule has 0 bridgehead atoms. The highest BCUT2D eigenvalue weighted by Crippen LogP contribution is 2.42. The first-order valence-corrected chi connectivity index (χ1v) is 7.11. The van der Waals surface area contributed by atoms with Gasteiger partial charge in [-0.15, -0.1) is 0 Å². The van der Waals surface area contributed by atoms with E-state index in [1.165, 1.54) is 22.8 Å². The van der Waals surface area contributed by atoms with E-state index in [4.69, 9.17) is 9.98 Å². The van der Waals surface area contributed by atoms with Gasteiger partial charge in [-0.3, -0.25) is 9.98 Å². The number of allylic oxidation sites excluding steroid dienone is 2. The van der Waals surface area contributed by atoms with Crippen LogP contribution in [0.4, 0.5) is 0 Å². The second-order valence-electron chi connectivity index (χ2n) is 6.32. The maximum absolute atomic E-state index is 4.83. The van der Waals surface area contributed by atoms with Crippen LogP contribution in [0.15, 0.2) is 32.5 Å². The lowest BCUT2D eigenvalue weighted by atomic mass is 9.89. The Kier molecular flexibility index (Phi) is 2.76. The molecule has 0 aromatic carbocycles. The first kappa shape index (κ1) is 11.9. The van der Waals surface area contributed by atoms with Gasteiger partial charge in [0.2, 0.25) is 0 Å². The Hall–Kier alpha value is -1.18. The van der Waals surface area contributed by atoms with Crippen molar-refractivity contribution in [2.45, 2.75) is 53.4 Å². The molecule has 0 aromatic heterocycles. The van der Waals surface area contributed by atoms with Gasteiger partial charge in [-0.1, -0.05) is 27.7 Å². The molecule has 0 spiro atoms. The average molecular weight is 242 g/mol. The Morgan fingerprint density at radius 3 is 1.50 bits per heavy atom. The van der Waals surface area contributed by atoms with Crippen LogP contribution in [-0.2, 0) is 0 Å². The maximum Gasteiger partial charge on any atom is 0.0461 e. The molecule has 0 amide bonds. The Bertz CT molecular complexity index is 467. The zero-order valence-corrected chi connectivity index (χ0v) is 11.9. The van der Waals surface area contributed by atoms with E-state index in [1.807, 2.05) is 0 Å². The summed E-state index contributed by atoms with van der Waals surface area (Å²) in [5.41, 5.74) is 8.52. The van der Waals surface area contributed by atoms with Crippen molar-refractivity contribution in [1.82, 2.24) is 0 Å². The third-order valence-corrected chi connectivity index (χ3v) is 4.26. The van der Waals surface area contributed by atoms with Crippen molar-refractivity contribution in [3.63, 3.8) is 0 Å². The van der Waals surface area contributed by atoms with Crippen molar-refractivity contribution in [2.24, 2.45) is 21.8 Å². The molecule has 0 aromatic rings. The van der Waals surface area contributed by atoms with E-state index in [-0.39, 0.29) is 0 Å². The van der Waals surface area contributed by atoms with Crippen LogP contribution in [0.5, 0.6) is 0 Å². The summed E-state index contributed by atoms with van der Waals surface area (Å²) in [4.78, 5) is 9.67. The van der Waals surface area contributed by atoms with Gasteiger partial charge in [-0.2, -0.15) is 0 Å². The molecule has 0 atom stereocenters. The summed E-state index contributed by atoms with van der Waals surface area (Å²) in [5, 5.41) is 0. The third-order valence-electron chi connectivity index (χ3n) is 4.26. The lowest BCUT2D eigenvalue weighted by Gasteiger charge is -2.14. The summed E-state index contributed by atoms with van der Waals surface area (Å²) >= 11 is 0. The maximum atomic E-state index is 4.83. The minimum atomic E-state index is 0.583. The minimum absolute atomic E-state index is 0.583. The topological polar surface area (TPSA) is 24.7 Å². The third kappa shape index (κ3) is 1.88. The number of hydrogen-bond acceptors (Lipinski definition) is 2. The number of nitrogens with zero attached hydrogens (tertiary/aromatic N) is 2. The molecule has 0 unspecified atom stereocenters. The summed E-state index contributed by atoms with van der Waals surface area (Å²) in [6, 6.07) is 0. The molecule has 0 fully saturated rings. The van der Waals surface area contributed by atoms with Crippen LogP contribution in [0, 0.1) is 11.8 Å². The predicted octanol–water partition coefficient (Wildman–Crippen LogP) is 4.29. The zero-order chi connectivity index (χ0) is 12.9. The second kappa shape index (κ2) is 4.18. The molecule has 0 saturated heterocycles. The molecule has 1 aliphatic carbocycles. The molecule has 0 saturated carbocycles. The number of aliphatic imine (C=N–C) groups is 2. The minimum Gasteiger partial charge on any atom is -0.261 e. The first-order chi connectivity index (χ1) is 8.54. The van der Waals surface area contributed by atoms with Gasteiger partial charge >= 0.3 is 0 Å². The average Bonchev–Trinajstić information content (AvgIpc) is 2.87. The van der Waals surface area contributed by atoms with E-state index in [0.29, 0.717) is 11.8 Å². The van der Waals surface area contributed by atoms with Crippen LogP contribution in [0.2, 0.25) is 0 Å². The van der Waals surface area contributed by atoms with Gasteiger partial charge in [-0.25, -0.2) is 0 Å². The summed E-state index contributed by atoms with van der Waals surface area (Å²) in [6.07, 6.45) is 4.34. The molecular formula is C16H22N2. The lowest BCUT2D eigenvalue weighted by molar-refractivity contribution is 0.857. The van der Waals surface area contributed by atoms with Crippen molar-refractivity contribution < 1.29 is 0 Å². The summed E-state index contributed by atoms with van der Waals surface area (Å²) in [5.74, 6) is 1.17. The van der Waals surface area contributed by atoms with Gasteiger partial charge in [0.25, 0.3) is 0 Å². The van der Waals surface area contributed by atoms with E-state index in [1.54, 1.807) is 11.1 Å². The Morgan fingerprint density at radius 2 is 1.11 bits per heavy atom. The van der Waals surface area contributed by atoms with Crippen molar-refractivity contribution >= 4 is 11.4 Å². The highest BCUT2D eigenvalue weighted by Gasteiger charge is 2.30. The largest absolute Gasteiger partial charge is 0.261 e. The molecule has 2 aliphatic heterocycles. The SMILES string of the molecule is CC(C)C1=NC2=C(C1)CC1=C(C2)N=C(C(C)C)C1. The first-order valence-electron chi connectivity index (χ1n) is 7.11. The van der Waals surface area contributed by atoms with E-state index >= 15 is 0 Å². The second-order valence-corrected chi connectivity index (χ2v) is 6.32. The van der Waals surface area contributed by atoms with E-state index in [9.17, 15) is 0 Å². The van der Waals surface area contributed by atoms with E-state index < -0.39 is 0 Å². The molecule has 18 heavy (non-hydrogen) atoms. The fraction of sp³-hybridized carbons (Fsp3) is 0.625. The van der Waals surface area contributed by atoms with Gasteiger partial charge in [-0.05, 0) is 29.4 Å². The molecule has 0 radical (unpaired) electrons. The van der Waals surface area contributed by atoms with Crippen LogP contribution in [0.1, 0.15) is 53.4 Å². The van der Waals surface area contributed by atoms with Crippen LogP contribution >= 0.6 is 0 Å². The van der Waals surface area contributed by atoms with Crippen LogP contribution in [-0.4, -0.2) is 11.4 Å². The number of hydrogen-bond donors (Lipinski definition) is 0. The molecule has 2 nitrogen and oxygen atoms in total. The molecular weight excluding hydrogens is 220 g/mol. The summed E-state index contributed by atoms with van der Waals surface area (Å²) in [7, 11) is 0. The molecule has 3 aliphatic rings. The predicted molar refractivity (Wildman–Crippen MR) is 77.1 cm³/mol. The normalized spacial score (nSPS) is 22.8. The highest BCUT2D eigenvalue weighted by atomic mass is 14.9. The van der Waals surface area contributed by atoms with Crippen LogP contribution < -0.4 is 0 Å². The van der Waals surface area contributed by atoms with Gasteiger partial charge in [0, 0.05) is 42.1 Å². The fourth-order valence-corrected chi connectivity index (χ4v) is 2.97. The molecule has 96 valence electrons. The summed E-state index contributed by atoms with van der Waals surface area (Å²) < 4.78 is 0. The van der Waals surface area contributed by atoms with Gasteiger partial charge in [0.1, 0.15) is 0 Å². The lowest BCUT2D eigenvalue weighted by Crippen LogP contribution is -2.06. The Balaban J connectivity index is 1.78. The van der Waals surface area contributed by atoms with Gasteiger partial charge < -0.3 is 0 Å². The highest BCUT2D eigenvalue weighted by molar-refractivity contribution is 5.94. The Labute approximate surface area is 110 Å². The van der Waals surface area contributed by atoms with Crippen molar-refractivity contribution in [3.8, 4) is 0 Å². The molecule has 3 rings (SSSR count). The molecule has 2 heterocycles. The Morgan fingerprint density at radius 1 is 0.667 bits per heavy atom. The summed E-state index contributed by atoms with van der Waals surface area (Å²) in [6.45, 7) is 8.97. The quantitative estimate of drug-likeness (QED) is 0.690. The van der Waals surface area contributed by atoms with Gasteiger partial charge in [0.15, 0.2) is 0 Å². The van der Waals surface area contributed by atoms with Crippen molar-refractivity contribution in [1.29, 1.82) is 0 Å². The van der Waals surface area contributed by atoms with Crippen molar-refractivity contribution in [3.05, 3.63) is 22.5 Å². The smallest absolute Gasteiger partial charge is 0.0461 e. The van der Waals surface area contributed by atoms with Crippen LogP contribution in [0.3, 0.4) is 0 Å². The number of rotatable bonds is 2. The fourth-order valence-electron chi connectivity index (χ4n) is 2.97. The van der Waals surface area contributed by atoms with Crippen molar-refractivity contribution in [2.75, 3.05) is 0 Å².